The fourth-order valence-electron chi connectivity index (χ4n) is 20.0. The molecule has 4 aliphatic carbocycles. The molecule has 8 heterocycles. The number of ether oxygens (including phenoxy) is 6. The van der Waals surface area contributed by atoms with Crippen LogP contribution in [0.1, 0.15) is 203 Å². The number of aromatic nitrogens is 4. The monoisotopic (exact) mass is 1180 g/mol. The van der Waals surface area contributed by atoms with Crippen LogP contribution in [0.3, 0.4) is 0 Å². The Hall–Kier alpha value is -3.02. The SMILES string of the molecule is COCCOCCOCCN1CCC[C@@H](c2nc3ccccc3n2C2C[C@H]3CCC[C@@H](C2)N3C2C[C@H]3CCC[C@@H](C2)C3)C1.COCCOCCOCCN1CCC[C@H](c2nc3ccccc3n2C2C[C@H]3CCC[C@@H](C2)N3C2C[C@H]3CCC[C@@H](C2)C3)C1. The average Bonchev–Trinajstić information content (AvgIpc) is 1.71. The minimum absolute atomic E-state index is 0.495. The Balaban J connectivity index is 0.000000160. The van der Waals surface area contributed by atoms with E-state index < -0.39 is 0 Å². The normalized spacial score (nSPS) is 33.7. The largest absolute Gasteiger partial charge is 0.382 e. The Bertz CT molecular complexity index is 2470. The summed E-state index contributed by atoms with van der Waals surface area (Å²) in [6.45, 7) is 13.1. The van der Waals surface area contributed by atoms with E-state index in [0.29, 0.717) is 76.8 Å². The van der Waals surface area contributed by atoms with Crippen LogP contribution in [0.5, 0.6) is 0 Å². The van der Waals surface area contributed by atoms with Crippen LogP contribution in [0.2, 0.25) is 0 Å². The number of rotatable bonds is 24. The number of nitrogens with zero attached hydrogens (tertiary/aromatic N) is 8. The summed E-state index contributed by atoms with van der Waals surface area (Å²) in [5, 5.41) is 0. The van der Waals surface area contributed by atoms with Crippen molar-refractivity contribution in [3.05, 3.63) is 60.2 Å². The van der Waals surface area contributed by atoms with E-state index in [4.69, 9.17) is 38.4 Å². The van der Waals surface area contributed by atoms with Gasteiger partial charge in [0, 0.05) is 101 Å². The highest BCUT2D eigenvalue weighted by Gasteiger charge is 2.48. The van der Waals surface area contributed by atoms with Gasteiger partial charge in [-0.1, -0.05) is 75.6 Å². The Morgan fingerprint density at radius 1 is 0.360 bits per heavy atom. The third kappa shape index (κ3) is 14.8. The van der Waals surface area contributed by atoms with Crippen molar-refractivity contribution in [2.45, 2.75) is 227 Å². The first-order chi connectivity index (χ1) is 42.5. The van der Waals surface area contributed by atoms with Crippen LogP contribution in [-0.2, 0) is 28.4 Å². The maximum atomic E-state index is 5.92. The number of likely N-dealkylation sites (tertiary alicyclic amines) is 2. The van der Waals surface area contributed by atoms with Crippen molar-refractivity contribution < 1.29 is 28.4 Å². The lowest BCUT2D eigenvalue weighted by atomic mass is 9.68. The molecule has 14 heteroatoms. The van der Waals surface area contributed by atoms with E-state index in [0.717, 1.165) is 112 Å². The van der Waals surface area contributed by atoms with Crippen LogP contribution in [-0.4, -0.2) is 195 Å². The summed E-state index contributed by atoms with van der Waals surface area (Å²) >= 11 is 0. The number of piperidine rings is 6. The Kier molecular flexibility index (Phi) is 21.9. The van der Waals surface area contributed by atoms with E-state index in [1.807, 2.05) is 0 Å². The van der Waals surface area contributed by atoms with Crippen LogP contribution in [0.25, 0.3) is 22.1 Å². The maximum absolute atomic E-state index is 5.92. The van der Waals surface area contributed by atoms with Gasteiger partial charge in [-0.2, -0.15) is 0 Å². The molecule has 4 aromatic rings. The van der Waals surface area contributed by atoms with Crippen LogP contribution >= 0.6 is 0 Å². The fourth-order valence-corrected chi connectivity index (χ4v) is 20.0. The molecule has 2 aromatic carbocycles. The lowest BCUT2D eigenvalue weighted by Gasteiger charge is -2.55. The fraction of sp³-hybridized carbons (Fsp3) is 0.806. The molecule has 8 bridgehead atoms. The van der Waals surface area contributed by atoms with Crippen LogP contribution < -0.4 is 0 Å². The van der Waals surface area contributed by atoms with Crippen molar-refractivity contribution in [3.63, 3.8) is 0 Å². The third-order valence-corrected chi connectivity index (χ3v) is 23.5. The molecule has 6 aliphatic heterocycles. The molecule has 10 aliphatic rings. The highest BCUT2D eigenvalue weighted by molar-refractivity contribution is 5.77. The van der Waals surface area contributed by atoms with Crippen molar-refractivity contribution in [2.75, 3.05) is 120 Å². The van der Waals surface area contributed by atoms with E-state index in [-0.39, 0.29) is 0 Å². The first-order valence-corrected chi connectivity index (χ1v) is 35.8. The second kappa shape index (κ2) is 30.4. The molecular weight excluding hydrogens is 1070 g/mol. The number of hydrogen-bond acceptors (Lipinski definition) is 12. The van der Waals surface area contributed by atoms with E-state index >= 15 is 0 Å². The third-order valence-electron chi connectivity index (χ3n) is 23.5. The second-order valence-corrected chi connectivity index (χ2v) is 29.0. The molecule has 14 nitrogen and oxygen atoms in total. The van der Waals surface area contributed by atoms with Crippen molar-refractivity contribution in [1.29, 1.82) is 0 Å². The van der Waals surface area contributed by atoms with Gasteiger partial charge in [-0.05, 0) is 177 Å². The van der Waals surface area contributed by atoms with Gasteiger partial charge in [0.2, 0.25) is 0 Å². The van der Waals surface area contributed by atoms with Crippen molar-refractivity contribution in [2.24, 2.45) is 23.7 Å². The zero-order chi connectivity index (χ0) is 58.0. The Morgan fingerprint density at radius 3 is 1.12 bits per heavy atom. The molecular formula is C72H112N8O6. The summed E-state index contributed by atoms with van der Waals surface area (Å²) in [6.07, 6.45) is 36.6. The summed E-state index contributed by atoms with van der Waals surface area (Å²) in [6, 6.07) is 23.9. The maximum Gasteiger partial charge on any atom is 0.114 e. The molecule has 0 amide bonds. The number of fused-ring (bicyclic) bond motifs is 10. The number of methoxy groups -OCH3 is 2. The summed E-state index contributed by atoms with van der Waals surface area (Å²) in [5.74, 6) is 7.75. The van der Waals surface area contributed by atoms with Gasteiger partial charge in [-0.15, -0.1) is 0 Å². The van der Waals surface area contributed by atoms with Crippen molar-refractivity contribution >= 4 is 22.1 Å². The topological polar surface area (TPSA) is 104 Å². The predicted molar refractivity (Wildman–Crippen MR) is 343 cm³/mol. The molecule has 0 N–H and O–H groups in total. The van der Waals surface area contributed by atoms with E-state index in [9.17, 15) is 0 Å². The molecule has 86 heavy (non-hydrogen) atoms. The number of hydrogen-bond donors (Lipinski definition) is 0. The number of para-hydroxylation sites is 4. The van der Waals surface area contributed by atoms with Gasteiger partial charge in [-0.25, -0.2) is 9.97 Å². The second-order valence-electron chi connectivity index (χ2n) is 29.0. The first-order valence-electron chi connectivity index (χ1n) is 35.8. The Morgan fingerprint density at radius 2 is 0.721 bits per heavy atom. The summed E-state index contributed by atoms with van der Waals surface area (Å²) < 4.78 is 38.5. The summed E-state index contributed by atoms with van der Waals surface area (Å²) in [7, 11) is 3.41. The van der Waals surface area contributed by atoms with E-state index in [2.05, 4.69) is 77.3 Å². The molecule has 14 rings (SSSR count). The molecule has 4 saturated carbocycles. The lowest BCUT2D eigenvalue weighted by molar-refractivity contribution is -0.0488. The number of benzene rings is 2. The van der Waals surface area contributed by atoms with Crippen LogP contribution in [0.4, 0.5) is 0 Å². The quantitative estimate of drug-likeness (QED) is 0.0624. The van der Waals surface area contributed by atoms with Crippen molar-refractivity contribution in [3.8, 4) is 0 Å². The minimum atomic E-state index is 0.495. The molecule has 476 valence electrons. The molecule has 0 radical (unpaired) electrons. The molecule has 0 spiro atoms. The smallest absolute Gasteiger partial charge is 0.114 e. The Labute approximate surface area is 517 Å². The summed E-state index contributed by atoms with van der Waals surface area (Å²) in [4.78, 5) is 22.2. The van der Waals surface area contributed by atoms with Crippen LogP contribution in [0, 0.1) is 23.7 Å². The first kappa shape index (κ1) is 61.8. The molecule has 14 atom stereocenters. The zero-order valence-corrected chi connectivity index (χ0v) is 53.4. The van der Waals surface area contributed by atoms with Crippen LogP contribution in [0.15, 0.2) is 48.5 Å². The summed E-state index contributed by atoms with van der Waals surface area (Å²) in [5.41, 5.74) is 5.13. The van der Waals surface area contributed by atoms with Gasteiger partial charge >= 0.3 is 0 Å². The van der Waals surface area contributed by atoms with Crippen molar-refractivity contribution in [1.82, 2.24) is 38.7 Å². The van der Waals surface area contributed by atoms with Gasteiger partial charge in [0.15, 0.2) is 0 Å². The molecule has 2 aromatic heterocycles. The molecule has 4 unspecified atom stereocenters. The van der Waals surface area contributed by atoms with E-state index in [1.54, 1.807) is 14.2 Å². The number of imidazole rings is 2. The highest BCUT2D eigenvalue weighted by Crippen LogP contribution is 2.51. The minimum Gasteiger partial charge on any atom is -0.382 e. The zero-order valence-electron chi connectivity index (χ0n) is 53.4. The van der Waals surface area contributed by atoms with Gasteiger partial charge in [0.1, 0.15) is 11.6 Å². The average molecular weight is 1190 g/mol. The standard InChI is InChI=1S/2C36H56N4O3/c2*1-41-17-18-43-20-19-42-16-15-38-14-6-9-29(26-38)36-37-34-12-2-3-13-35(34)40(36)33-24-30-10-5-11-31(25-33)39(30)32-22-27-7-4-8-28(21-27)23-32/h2*2-3,12-13,27-33H,4-11,14-26H2,1H3/t2*27-,28+,29-,30-,31+,32?,33?/m10/s1. The highest BCUT2D eigenvalue weighted by atomic mass is 16.5. The molecule has 6 saturated heterocycles. The van der Waals surface area contributed by atoms with Gasteiger partial charge in [0.05, 0.1) is 88.1 Å². The van der Waals surface area contributed by atoms with Gasteiger partial charge in [-0.3, -0.25) is 9.80 Å². The molecule has 10 fully saturated rings. The lowest BCUT2D eigenvalue weighted by Crippen LogP contribution is -2.58. The van der Waals surface area contributed by atoms with E-state index in [1.165, 1.54) is 201 Å². The van der Waals surface area contributed by atoms with Gasteiger partial charge in [0.25, 0.3) is 0 Å². The van der Waals surface area contributed by atoms with Gasteiger partial charge < -0.3 is 47.4 Å². The predicted octanol–water partition coefficient (Wildman–Crippen LogP) is 12.8.